The topological polar surface area (TPSA) is 60.2 Å². The molecule has 0 heterocycles. The summed E-state index contributed by atoms with van der Waals surface area (Å²) in [5, 5.41) is 0. The average Bonchev–Trinajstić information content (AvgIpc) is 2.34. The molecule has 100 valence electrons. The molecule has 3 nitrogen and oxygen atoms in total. The van der Waals surface area contributed by atoms with E-state index in [1.165, 1.54) is 24.3 Å². The van der Waals surface area contributed by atoms with E-state index in [0.717, 1.165) is 12.3 Å². The maximum absolute atomic E-state index is 13.3. The van der Waals surface area contributed by atoms with Gasteiger partial charge in [-0.05, 0) is 35.4 Å². The van der Waals surface area contributed by atoms with Crippen LogP contribution in [0.15, 0.2) is 41.3 Å². The number of rotatable bonds is 2. The van der Waals surface area contributed by atoms with Crippen molar-refractivity contribution in [2.24, 2.45) is 0 Å². The van der Waals surface area contributed by atoms with Crippen molar-refractivity contribution in [3.8, 4) is 11.1 Å². The third-order valence-electron chi connectivity index (χ3n) is 2.65. The second kappa shape index (κ2) is 4.62. The average molecular weight is 283 g/mol. The summed E-state index contributed by atoms with van der Waals surface area (Å²) in [5.74, 6) is -2.18. The zero-order valence-corrected chi connectivity index (χ0v) is 10.8. The lowest BCUT2D eigenvalue weighted by Crippen LogP contribution is -1.98. The molecule has 19 heavy (non-hydrogen) atoms. The molecule has 0 bridgehead atoms. The highest BCUT2D eigenvalue weighted by Gasteiger charge is 2.12. The first-order valence-electron chi connectivity index (χ1n) is 5.34. The number of sulfone groups is 1. The number of halogens is 2. The second-order valence-corrected chi connectivity index (χ2v) is 6.18. The first kappa shape index (κ1) is 13.5. The first-order chi connectivity index (χ1) is 8.79. The molecule has 0 aromatic heterocycles. The summed E-state index contributed by atoms with van der Waals surface area (Å²) in [6.45, 7) is 0. The third kappa shape index (κ3) is 2.73. The fourth-order valence-corrected chi connectivity index (χ4v) is 2.35. The number of nitrogen functional groups attached to an aromatic ring is 1. The molecule has 0 spiro atoms. The third-order valence-corrected chi connectivity index (χ3v) is 3.76. The standard InChI is InChI=1S/C13H11F2NO2S/c1-19(17,18)10-4-2-3-8(5-10)9-6-11(14)13(15)12(16)7-9/h2-7H,16H2,1H3. The molecule has 0 radical (unpaired) electrons. The van der Waals surface area contributed by atoms with Crippen molar-refractivity contribution < 1.29 is 17.2 Å². The highest BCUT2D eigenvalue weighted by molar-refractivity contribution is 7.90. The Kier molecular flexibility index (Phi) is 3.28. The number of hydrogen-bond donors (Lipinski definition) is 1. The van der Waals surface area contributed by atoms with E-state index in [4.69, 9.17) is 5.73 Å². The summed E-state index contributed by atoms with van der Waals surface area (Å²) >= 11 is 0. The van der Waals surface area contributed by atoms with Gasteiger partial charge >= 0.3 is 0 Å². The fraction of sp³-hybridized carbons (Fsp3) is 0.0769. The van der Waals surface area contributed by atoms with Crippen molar-refractivity contribution in [2.75, 3.05) is 12.0 Å². The molecule has 0 aliphatic carbocycles. The van der Waals surface area contributed by atoms with Crippen LogP contribution in [-0.4, -0.2) is 14.7 Å². The van der Waals surface area contributed by atoms with Gasteiger partial charge in [-0.3, -0.25) is 0 Å². The van der Waals surface area contributed by atoms with Gasteiger partial charge in [-0.2, -0.15) is 0 Å². The van der Waals surface area contributed by atoms with E-state index >= 15 is 0 Å². The van der Waals surface area contributed by atoms with Gasteiger partial charge in [-0.25, -0.2) is 17.2 Å². The van der Waals surface area contributed by atoms with Gasteiger partial charge in [0.1, 0.15) is 0 Å². The molecule has 2 aromatic carbocycles. The molecule has 0 unspecified atom stereocenters. The Morgan fingerprint density at radius 1 is 1.05 bits per heavy atom. The zero-order valence-electron chi connectivity index (χ0n) is 10.0. The molecule has 0 fully saturated rings. The van der Waals surface area contributed by atoms with Gasteiger partial charge in [-0.1, -0.05) is 12.1 Å². The van der Waals surface area contributed by atoms with Crippen LogP contribution in [0.5, 0.6) is 0 Å². The minimum absolute atomic E-state index is 0.105. The van der Waals surface area contributed by atoms with E-state index in [1.807, 2.05) is 0 Å². The van der Waals surface area contributed by atoms with Crippen LogP contribution in [0.4, 0.5) is 14.5 Å². The van der Waals surface area contributed by atoms with Gasteiger partial charge in [0.25, 0.3) is 0 Å². The highest BCUT2D eigenvalue weighted by Crippen LogP contribution is 2.27. The number of anilines is 1. The fourth-order valence-electron chi connectivity index (χ4n) is 1.68. The Morgan fingerprint density at radius 2 is 1.74 bits per heavy atom. The Labute approximate surface area is 109 Å². The molecule has 0 aliphatic heterocycles. The Bertz CT molecular complexity index is 719. The smallest absolute Gasteiger partial charge is 0.181 e. The van der Waals surface area contributed by atoms with Crippen LogP contribution in [0.1, 0.15) is 0 Å². The van der Waals surface area contributed by atoms with Crippen LogP contribution in [0, 0.1) is 11.6 Å². The molecular weight excluding hydrogens is 272 g/mol. The zero-order chi connectivity index (χ0) is 14.2. The predicted molar refractivity (Wildman–Crippen MR) is 69.3 cm³/mol. The molecule has 6 heteroatoms. The van der Waals surface area contributed by atoms with Gasteiger partial charge in [0.05, 0.1) is 10.6 Å². The monoisotopic (exact) mass is 283 g/mol. The van der Waals surface area contributed by atoms with Crippen LogP contribution < -0.4 is 5.73 Å². The highest BCUT2D eigenvalue weighted by atomic mass is 32.2. The van der Waals surface area contributed by atoms with Crippen LogP contribution in [0.3, 0.4) is 0 Å². The van der Waals surface area contributed by atoms with E-state index in [2.05, 4.69) is 0 Å². The Morgan fingerprint density at radius 3 is 2.32 bits per heavy atom. The van der Waals surface area contributed by atoms with Crippen molar-refractivity contribution in [2.45, 2.75) is 4.90 Å². The van der Waals surface area contributed by atoms with Crippen molar-refractivity contribution in [1.29, 1.82) is 0 Å². The molecule has 0 aliphatic rings. The molecule has 2 rings (SSSR count). The summed E-state index contributed by atoms with van der Waals surface area (Å²) in [6.07, 6.45) is 1.08. The van der Waals surface area contributed by atoms with Crippen molar-refractivity contribution in [1.82, 2.24) is 0 Å². The largest absolute Gasteiger partial charge is 0.396 e. The summed E-state index contributed by atoms with van der Waals surface area (Å²) in [7, 11) is -3.36. The van der Waals surface area contributed by atoms with Gasteiger partial charge in [0.2, 0.25) is 0 Å². The lowest BCUT2D eigenvalue weighted by Gasteiger charge is -2.07. The summed E-state index contributed by atoms with van der Waals surface area (Å²) < 4.78 is 49.3. The van der Waals surface area contributed by atoms with Crippen molar-refractivity contribution >= 4 is 15.5 Å². The van der Waals surface area contributed by atoms with Crippen LogP contribution >= 0.6 is 0 Å². The molecule has 2 N–H and O–H groups in total. The quantitative estimate of drug-likeness (QED) is 0.862. The van der Waals surface area contributed by atoms with E-state index in [1.54, 1.807) is 6.07 Å². The van der Waals surface area contributed by atoms with Crippen molar-refractivity contribution in [3.05, 3.63) is 48.0 Å². The Hall–Kier alpha value is -1.95. The normalized spacial score (nSPS) is 11.5. The molecule has 0 saturated carbocycles. The number of nitrogens with two attached hydrogens (primary N) is 1. The summed E-state index contributed by atoms with van der Waals surface area (Å²) in [4.78, 5) is 0.105. The molecule has 0 saturated heterocycles. The number of hydrogen-bond acceptors (Lipinski definition) is 3. The summed E-state index contributed by atoms with van der Waals surface area (Å²) in [6, 6.07) is 8.19. The van der Waals surface area contributed by atoms with Crippen molar-refractivity contribution in [3.63, 3.8) is 0 Å². The minimum atomic E-state index is -3.36. The molecule has 2 aromatic rings. The van der Waals surface area contributed by atoms with Gasteiger partial charge < -0.3 is 5.73 Å². The lowest BCUT2D eigenvalue weighted by atomic mass is 10.0. The van der Waals surface area contributed by atoms with Gasteiger partial charge in [0.15, 0.2) is 21.5 Å². The Balaban J connectivity index is 2.60. The molecule has 0 atom stereocenters. The van der Waals surface area contributed by atoms with E-state index in [9.17, 15) is 17.2 Å². The van der Waals surface area contributed by atoms with E-state index in [0.29, 0.717) is 11.1 Å². The molecular formula is C13H11F2NO2S. The predicted octanol–water partition coefficient (Wildman–Crippen LogP) is 2.62. The maximum Gasteiger partial charge on any atom is 0.181 e. The second-order valence-electron chi connectivity index (χ2n) is 4.16. The first-order valence-corrected chi connectivity index (χ1v) is 7.23. The SMILES string of the molecule is CS(=O)(=O)c1cccc(-c2cc(N)c(F)c(F)c2)c1. The van der Waals surface area contributed by atoms with Gasteiger partial charge in [-0.15, -0.1) is 0 Å². The number of benzene rings is 2. The maximum atomic E-state index is 13.3. The van der Waals surface area contributed by atoms with E-state index < -0.39 is 21.5 Å². The van der Waals surface area contributed by atoms with Crippen LogP contribution in [0.2, 0.25) is 0 Å². The minimum Gasteiger partial charge on any atom is -0.396 e. The molecule has 0 amide bonds. The van der Waals surface area contributed by atoms with E-state index in [-0.39, 0.29) is 10.6 Å². The van der Waals surface area contributed by atoms with Crippen LogP contribution in [0.25, 0.3) is 11.1 Å². The van der Waals surface area contributed by atoms with Gasteiger partial charge in [0, 0.05) is 6.26 Å². The lowest BCUT2D eigenvalue weighted by molar-refractivity contribution is 0.512. The summed E-state index contributed by atoms with van der Waals surface area (Å²) in [5.41, 5.74) is 5.80. The van der Waals surface area contributed by atoms with Crippen LogP contribution in [-0.2, 0) is 9.84 Å².